The van der Waals surface area contributed by atoms with E-state index >= 15 is 0 Å². The third-order valence-electron chi connectivity index (χ3n) is 4.79. The number of nitro benzene ring substituents is 1. The second kappa shape index (κ2) is 8.20. The summed E-state index contributed by atoms with van der Waals surface area (Å²) in [6.07, 6.45) is 1.52. The minimum atomic E-state index is -0.497. The normalized spacial score (nSPS) is 13.8. The summed E-state index contributed by atoms with van der Waals surface area (Å²) in [6.45, 7) is 1.67. The molecule has 0 spiro atoms. The molecule has 0 amide bonds. The van der Waals surface area contributed by atoms with Gasteiger partial charge in [-0.15, -0.1) is 0 Å². The van der Waals surface area contributed by atoms with E-state index in [0.29, 0.717) is 28.2 Å². The maximum atomic E-state index is 14.0. The molecule has 156 valence electrons. The Morgan fingerprint density at radius 2 is 1.94 bits per heavy atom. The lowest BCUT2D eigenvalue weighted by molar-refractivity contribution is -0.384. The van der Waals surface area contributed by atoms with Crippen LogP contribution < -0.4 is 9.47 Å². The summed E-state index contributed by atoms with van der Waals surface area (Å²) in [5.74, 6) is 0.0636. The van der Waals surface area contributed by atoms with Gasteiger partial charge in [-0.3, -0.25) is 14.9 Å². The highest BCUT2D eigenvalue weighted by molar-refractivity contribution is 6.31. The number of ether oxygens (including phenoxy) is 2. The van der Waals surface area contributed by atoms with E-state index in [4.69, 9.17) is 21.1 Å². The van der Waals surface area contributed by atoms with Crippen LogP contribution in [0.1, 0.15) is 27.0 Å². The van der Waals surface area contributed by atoms with Gasteiger partial charge in [0.05, 0.1) is 15.5 Å². The van der Waals surface area contributed by atoms with Gasteiger partial charge >= 0.3 is 0 Å². The third kappa shape index (κ3) is 4.13. The van der Waals surface area contributed by atoms with Crippen molar-refractivity contribution >= 4 is 29.1 Å². The summed E-state index contributed by atoms with van der Waals surface area (Å²) >= 11 is 6.03. The zero-order valence-electron chi connectivity index (χ0n) is 16.2. The van der Waals surface area contributed by atoms with Crippen LogP contribution in [0.25, 0.3) is 6.08 Å². The van der Waals surface area contributed by atoms with Crippen molar-refractivity contribution in [3.8, 4) is 11.5 Å². The predicted molar refractivity (Wildman–Crippen MR) is 113 cm³/mol. The summed E-state index contributed by atoms with van der Waals surface area (Å²) < 4.78 is 25.4. The number of allylic oxidation sites excluding steroid dienone is 1. The van der Waals surface area contributed by atoms with Crippen molar-refractivity contribution in [1.82, 2.24) is 0 Å². The molecular weight excluding hydrogens is 425 g/mol. The van der Waals surface area contributed by atoms with E-state index in [1.807, 2.05) is 0 Å². The van der Waals surface area contributed by atoms with E-state index in [0.717, 1.165) is 0 Å². The number of aryl methyl sites for hydroxylation is 1. The molecule has 0 unspecified atom stereocenters. The Morgan fingerprint density at radius 1 is 1.19 bits per heavy atom. The van der Waals surface area contributed by atoms with Crippen molar-refractivity contribution in [3.05, 3.63) is 104 Å². The molecule has 1 aliphatic heterocycles. The number of carbonyl (C=O) groups excluding carboxylic acids is 1. The molecule has 1 heterocycles. The number of nitrogens with zero attached hydrogens (tertiary/aromatic N) is 1. The topological polar surface area (TPSA) is 78.7 Å². The van der Waals surface area contributed by atoms with Crippen molar-refractivity contribution < 1.29 is 23.6 Å². The van der Waals surface area contributed by atoms with Crippen LogP contribution in [0, 0.1) is 22.9 Å². The molecular formula is C23H15ClFNO5. The first-order valence-electron chi connectivity index (χ1n) is 9.22. The maximum absolute atomic E-state index is 14.0. The Bertz CT molecular complexity index is 1220. The highest BCUT2D eigenvalue weighted by atomic mass is 35.5. The molecule has 0 atom stereocenters. The van der Waals surface area contributed by atoms with Crippen molar-refractivity contribution in [1.29, 1.82) is 0 Å². The Hall–Kier alpha value is -3.71. The van der Waals surface area contributed by atoms with Gasteiger partial charge < -0.3 is 9.47 Å². The molecule has 0 aromatic heterocycles. The monoisotopic (exact) mass is 439 g/mol. The van der Waals surface area contributed by atoms with Gasteiger partial charge in [-0.2, -0.15) is 0 Å². The smallest absolute Gasteiger partial charge is 0.269 e. The molecule has 0 aliphatic carbocycles. The number of halogens is 2. The van der Waals surface area contributed by atoms with E-state index in [-0.39, 0.29) is 34.4 Å². The predicted octanol–water partition coefficient (Wildman–Crippen LogP) is 5.89. The quantitative estimate of drug-likeness (QED) is 0.281. The summed E-state index contributed by atoms with van der Waals surface area (Å²) in [5, 5.41) is 11.0. The van der Waals surface area contributed by atoms with Crippen LogP contribution in [0.5, 0.6) is 11.5 Å². The maximum Gasteiger partial charge on any atom is 0.269 e. The number of hydrogen-bond acceptors (Lipinski definition) is 5. The van der Waals surface area contributed by atoms with Gasteiger partial charge in [-0.25, -0.2) is 4.39 Å². The van der Waals surface area contributed by atoms with Crippen LogP contribution in [-0.4, -0.2) is 10.7 Å². The number of ketones is 1. The van der Waals surface area contributed by atoms with E-state index in [2.05, 4.69) is 0 Å². The average Bonchev–Trinajstić information content (AvgIpc) is 3.03. The van der Waals surface area contributed by atoms with Crippen molar-refractivity contribution in [3.63, 3.8) is 0 Å². The zero-order chi connectivity index (χ0) is 22.1. The number of carbonyl (C=O) groups is 1. The number of rotatable bonds is 5. The highest BCUT2D eigenvalue weighted by Crippen LogP contribution is 2.38. The fourth-order valence-electron chi connectivity index (χ4n) is 3.23. The summed E-state index contributed by atoms with van der Waals surface area (Å²) in [7, 11) is 0. The lowest BCUT2D eigenvalue weighted by Gasteiger charge is -2.11. The zero-order valence-corrected chi connectivity index (χ0v) is 17.0. The second-order valence-electron chi connectivity index (χ2n) is 6.89. The first kappa shape index (κ1) is 20.6. The van der Waals surface area contributed by atoms with E-state index in [1.165, 1.54) is 42.5 Å². The number of Topliss-reactive ketones (excluding diaryl/α,β-unsaturated/α-hetero) is 1. The molecule has 0 fully saturated rings. The van der Waals surface area contributed by atoms with Crippen LogP contribution in [0.4, 0.5) is 10.1 Å². The fourth-order valence-corrected chi connectivity index (χ4v) is 3.45. The van der Waals surface area contributed by atoms with Gasteiger partial charge in [0.1, 0.15) is 23.9 Å². The van der Waals surface area contributed by atoms with Gasteiger partial charge in [0.25, 0.3) is 5.69 Å². The van der Waals surface area contributed by atoms with Gasteiger partial charge in [0, 0.05) is 23.8 Å². The Balaban J connectivity index is 1.56. The number of nitro groups is 1. The van der Waals surface area contributed by atoms with Crippen molar-refractivity contribution in [2.75, 3.05) is 0 Å². The van der Waals surface area contributed by atoms with Crippen LogP contribution in [0.2, 0.25) is 5.02 Å². The fraction of sp³-hybridized carbons (Fsp3) is 0.0870. The Morgan fingerprint density at radius 3 is 2.61 bits per heavy atom. The third-order valence-corrected chi connectivity index (χ3v) is 5.14. The standard InChI is InChI=1S/C23H15ClFNO5/c1-13-9-16(30-12-17-18(24)3-2-4-19(17)25)11-20-22(13)23(27)21(31-20)10-14-5-7-15(8-6-14)26(28)29/h2-11H,12H2,1H3/b21-10-. The minimum Gasteiger partial charge on any atom is -0.489 e. The average molecular weight is 440 g/mol. The van der Waals surface area contributed by atoms with Gasteiger partial charge in [-0.1, -0.05) is 17.7 Å². The second-order valence-corrected chi connectivity index (χ2v) is 7.30. The number of non-ortho nitro benzene ring substituents is 1. The van der Waals surface area contributed by atoms with Gasteiger partial charge in [0.2, 0.25) is 5.78 Å². The first-order valence-corrected chi connectivity index (χ1v) is 9.60. The van der Waals surface area contributed by atoms with Crippen LogP contribution in [-0.2, 0) is 6.61 Å². The van der Waals surface area contributed by atoms with Gasteiger partial charge in [-0.05, 0) is 54.5 Å². The summed E-state index contributed by atoms with van der Waals surface area (Å²) in [6, 6.07) is 13.4. The van der Waals surface area contributed by atoms with Crippen molar-refractivity contribution in [2.45, 2.75) is 13.5 Å². The molecule has 0 saturated heterocycles. The molecule has 6 nitrogen and oxygen atoms in total. The Labute approximate surface area is 181 Å². The lowest BCUT2D eigenvalue weighted by Crippen LogP contribution is -2.01. The minimum absolute atomic E-state index is 0.0447. The number of fused-ring (bicyclic) bond motifs is 1. The van der Waals surface area contributed by atoms with Crippen molar-refractivity contribution in [2.24, 2.45) is 0 Å². The largest absolute Gasteiger partial charge is 0.489 e. The SMILES string of the molecule is Cc1cc(OCc2c(F)cccc2Cl)cc2c1C(=O)/C(=C/c1ccc([N+](=O)[O-])cc1)O2. The number of benzene rings is 3. The molecule has 0 N–H and O–H groups in total. The summed E-state index contributed by atoms with van der Waals surface area (Å²) in [5.41, 5.74) is 1.83. The molecule has 4 rings (SSSR count). The van der Waals surface area contributed by atoms with Crippen LogP contribution in [0.15, 0.2) is 60.4 Å². The molecule has 0 saturated carbocycles. The van der Waals surface area contributed by atoms with Gasteiger partial charge in [0.15, 0.2) is 5.76 Å². The molecule has 3 aromatic rings. The molecule has 1 aliphatic rings. The number of hydrogen-bond donors (Lipinski definition) is 0. The molecule has 0 radical (unpaired) electrons. The summed E-state index contributed by atoms with van der Waals surface area (Å²) in [4.78, 5) is 23.1. The molecule has 31 heavy (non-hydrogen) atoms. The van der Waals surface area contributed by atoms with Crippen LogP contribution in [0.3, 0.4) is 0 Å². The van der Waals surface area contributed by atoms with E-state index in [9.17, 15) is 19.3 Å². The first-order chi connectivity index (χ1) is 14.8. The molecule has 8 heteroatoms. The van der Waals surface area contributed by atoms with E-state index in [1.54, 1.807) is 25.1 Å². The Kier molecular flexibility index (Phi) is 5.44. The molecule has 0 bridgehead atoms. The van der Waals surface area contributed by atoms with E-state index < -0.39 is 10.7 Å². The lowest BCUT2D eigenvalue weighted by atomic mass is 10.0. The van der Waals surface area contributed by atoms with Crippen LogP contribution >= 0.6 is 11.6 Å². The highest BCUT2D eigenvalue weighted by Gasteiger charge is 2.30. The molecule has 3 aromatic carbocycles.